The van der Waals surface area contributed by atoms with Crippen molar-refractivity contribution in [1.82, 2.24) is 10.2 Å². The summed E-state index contributed by atoms with van der Waals surface area (Å²) in [6, 6.07) is 5.82. The lowest BCUT2D eigenvalue weighted by Crippen LogP contribution is -2.55. The number of nitrogens with zero attached hydrogens (tertiary/aromatic N) is 1. The van der Waals surface area contributed by atoms with Crippen molar-refractivity contribution >= 4 is 5.91 Å². The fourth-order valence-electron chi connectivity index (χ4n) is 2.50. The van der Waals surface area contributed by atoms with E-state index in [1.807, 2.05) is 4.90 Å². The second-order valence-electron chi connectivity index (χ2n) is 4.86. The third kappa shape index (κ3) is 1.82. The van der Waals surface area contributed by atoms with Gasteiger partial charge in [0.05, 0.1) is 5.54 Å². The minimum Gasteiger partial charge on any atom is -0.330 e. The van der Waals surface area contributed by atoms with E-state index in [4.69, 9.17) is 0 Å². The van der Waals surface area contributed by atoms with Crippen LogP contribution in [0.15, 0.2) is 24.3 Å². The molecule has 90 valence electrons. The molecule has 0 aromatic heterocycles. The van der Waals surface area contributed by atoms with Crippen LogP contribution >= 0.6 is 0 Å². The highest BCUT2D eigenvalue weighted by Gasteiger charge is 2.51. The number of piperazine rings is 1. The summed E-state index contributed by atoms with van der Waals surface area (Å²) in [5.74, 6) is -0.271. The standard InChI is InChI=1S/C13H15FN2O/c14-11-3-1-10(2-4-11)12(17)16-8-7-15-9-13(16)5-6-13/h1-4,15H,5-9H2. The van der Waals surface area contributed by atoms with E-state index in [0.29, 0.717) is 5.56 Å². The molecule has 0 unspecified atom stereocenters. The van der Waals surface area contributed by atoms with Gasteiger partial charge in [-0.05, 0) is 37.1 Å². The third-order valence-electron chi connectivity index (χ3n) is 3.70. The van der Waals surface area contributed by atoms with Gasteiger partial charge in [-0.25, -0.2) is 4.39 Å². The molecule has 1 saturated heterocycles. The van der Waals surface area contributed by atoms with Gasteiger partial charge in [-0.15, -0.1) is 0 Å². The van der Waals surface area contributed by atoms with Crippen molar-refractivity contribution in [2.45, 2.75) is 18.4 Å². The highest BCUT2D eigenvalue weighted by molar-refractivity contribution is 5.95. The van der Waals surface area contributed by atoms with Gasteiger partial charge in [0.2, 0.25) is 0 Å². The Morgan fingerprint density at radius 2 is 2.00 bits per heavy atom. The molecule has 17 heavy (non-hydrogen) atoms. The number of nitrogens with one attached hydrogen (secondary N) is 1. The van der Waals surface area contributed by atoms with E-state index in [-0.39, 0.29) is 17.3 Å². The van der Waals surface area contributed by atoms with Crippen molar-refractivity contribution in [3.63, 3.8) is 0 Å². The molecule has 4 heteroatoms. The topological polar surface area (TPSA) is 32.3 Å². The lowest BCUT2D eigenvalue weighted by atomic mass is 10.1. The summed E-state index contributed by atoms with van der Waals surface area (Å²) in [5, 5.41) is 3.33. The van der Waals surface area contributed by atoms with Crippen LogP contribution in [0.3, 0.4) is 0 Å². The fraction of sp³-hybridized carbons (Fsp3) is 0.462. The van der Waals surface area contributed by atoms with Crippen LogP contribution in [-0.2, 0) is 0 Å². The zero-order valence-electron chi connectivity index (χ0n) is 9.58. The third-order valence-corrected chi connectivity index (χ3v) is 3.70. The van der Waals surface area contributed by atoms with Gasteiger partial charge in [-0.2, -0.15) is 0 Å². The van der Waals surface area contributed by atoms with Gasteiger partial charge in [-0.1, -0.05) is 0 Å². The normalized spacial score (nSPS) is 21.6. The number of hydrogen-bond acceptors (Lipinski definition) is 2. The molecule has 3 rings (SSSR count). The molecule has 0 radical (unpaired) electrons. The minimum absolute atomic E-state index is 0.0315. The van der Waals surface area contributed by atoms with Crippen LogP contribution in [0.4, 0.5) is 4.39 Å². The van der Waals surface area contributed by atoms with E-state index in [1.54, 1.807) is 12.1 Å². The number of rotatable bonds is 1. The first-order chi connectivity index (χ1) is 8.21. The number of carbonyl (C=O) groups excluding carboxylic acids is 1. The maximum Gasteiger partial charge on any atom is 0.254 e. The molecule has 2 fully saturated rings. The molecule has 1 saturated carbocycles. The molecule has 1 amide bonds. The molecule has 3 nitrogen and oxygen atoms in total. The van der Waals surface area contributed by atoms with Crippen LogP contribution in [0.5, 0.6) is 0 Å². The van der Waals surface area contributed by atoms with Crippen LogP contribution in [0, 0.1) is 5.82 Å². The Bertz CT molecular complexity index is 439. The van der Waals surface area contributed by atoms with Crippen molar-refractivity contribution in [3.8, 4) is 0 Å². The van der Waals surface area contributed by atoms with Crippen molar-refractivity contribution in [2.75, 3.05) is 19.6 Å². The van der Waals surface area contributed by atoms with Crippen LogP contribution in [0.25, 0.3) is 0 Å². The molecule has 1 aliphatic heterocycles. The number of hydrogen-bond donors (Lipinski definition) is 1. The van der Waals surface area contributed by atoms with Crippen LogP contribution < -0.4 is 5.32 Å². The van der Waals surface area contributed by atoms with E-state index in [1.165, 1.54) is 12.1 Å². The number of amides is 1. The molecule has 1 heterocycles. The van der Waals surface area contributed by atoms with Crippen molar-refractivity contribution in [1.29, 1.82) is 0 Å². The zero-order valence-corrected chi connectivity index (χ0v) is 9.58. The summed E-state index contributed by atoms with van der Waals surface area (Å²) in [6.45, 7) is 2.48. The molecule has 1 N–H and O–H groups in total. The Balaban J connectivity index is 1.83. The first-order valence-corrected chi connectivity index (χ1v) is 6.00. The monoisotopic (exact) mass is 234 g/mol. The van der Waals surface area contributed by atoms with Crippen LogP contribution in [0.2, 0.25) is 0 Å². The summed E-state index contributed by atoms with van der Waals surface area (Å²) in [6.07, 6.45) is 2.15. The maximum absolute atomic E-state index is 12.8. The second kappa shape index (κ2) is 3.81. The molecule has 1 spiro atoms. The van der Waals surface area contributed by atoms with Crippen molar-refractivity contribution in [3.05, 3.63) is 35.6 Å². The first kappa shape index (κ1) is 10.7. The van der Waals surface area contributed by atoms with Crippen molar-refractivity contribution < 1.29 is 9.18 Å². The summed E-state index contributed by atoms with van der Waals surface area (Å²) in [7, 11) is 0. The second-order valence-corrected chi connectivity index (χ2v) is 4.86. The highest BCUT2D eigenvalue weighted by atomic mass is 19.1. The predicted octanol–water partition coefficient (Wildman–Crippen LogP) is 1.40. The molecule has 1 aromatic rings. The molecule has 1 aliphatic carbocycles. The Morgan fingerprint density at radius 1 is 1.29 bits per heavy atom. The van der Waals surface area contributed by atoms with Gasteiger partial charge in [0.1, 0.15) is 5.82 Å². The lowest BCUT2D eigenvalue weighted by molar-refractivity contribution is 0.0600. The SMILES string of the molecule is O=C(c1ccc(F)cc1)N1CCNCC12CC2. The van der Waals surface area contributed by atoms with Gasteiger partial charge in [0.25, 0.3) is 5.91 Å². The number of halogens is 1. The summed E-state index contributed by atoms with van der Waals surface area (Å²) >= 11 is 0. The first-order valence-electron chi connectivity index (χ1n) is 6.00. The average molecular weight is 234 g/mol. The average Bonchev–Trinajstić information content (AvgIpc) is 3.10. The lowest BCUT2D eigenvalue weighted by Gasteiger charge is -2.36. The van der Waals surface area contributed by atoms with E-state index >= 15 is 0 Å². The van der Waals surface area contributed by atoms with E-state index in [2.05, 4.69) is 5.32 Å². The molecular weight excluding hydrogens is 219 g/mol. The predicted molar refractivity (Wildman–Crippen MR) is 62.3 cm³/mol. The maximum atomic E-state index is 12.8. The number of carbonyl (C=O) groups is 1. The Morgan fingerprint density at radius 3 is 2.65 bits per heavy atom. The largest absolute Gasteiger partial charge is 0.330 e. The van der Waals surface area contributed by atoms with Gasteiger partial charge >= 0.3 is 0 Å². The summed E-state index contributed by atoms with van der Waals surface area (Å²) in [4.78, 5) is 14.3. The molecular formula is C13H15FN2O. The van der Waals surface area contributed by atoms with Crippen molar-refractivity contribution in [2.24, 2.45) is 0 Å². The van der Waals surface area contributed by atoms with E-state index in [9.17, 15) is 9.18 Å². The molecule has 1 aromatic carbocycles. The zero-order chi connectivity index (χ0) is 11.9. The highest BCUT2D eigenvalue weighted by Crippen LogP contribution is 2.42. The van der Waals surface area contributed by atoms with E-state index < -0.39 is 0 Å². The van der Waals surface area contributed by atoms with Crippen LogP contribution in [0.1, 0.15) is 23.2 Å². The minimum atomic E-state index is -0.303. The van der Waals surface area contributed by atoms with E-state index in [0.717, 1.165) is 32.5 Å². The van der Waals surface area contributed by atoms with Crippen LogP contribution in [-0.4, -0.2) is 36.0 Å². The van der Waals surface area contributed by atoms with Gasteiger partial charge in [0, 0.05) is 25.2 Å². The summed E-state index contributed by atoms with van der Waals surface area (Å²) < 4.78 is 12.8. The molecule has 0 atom stereocenters. The molecule has 0 bridgehead atoms. The summed E-state index contributed by atoms with van der Waals surface area (Å²) in [5.41, 5.74) is 0.628. The Kier molecular flexibility index (Phi) is 2.40. The van der Waals surface area contributed by atoms with Gasteiger partial charge in [-0.3, -0.25) is 4.79 Å². The van der Waals surface area contributed by atoms with Gasteiger partial charge in [0.15, 0.2) is 0 Å². The fourth-order valence-corrected chi connectivity index (χ4v) is 2.50. The molecule has 2 aliphatic rings. The quantitative estimate of drug-likeness (QED) is 0.796. The smallest absolute Gasteiger partial charge is 0.254 e. The number of benzene rings is 1. The Labute approximate surface area is 99.6 Å². The Hall–Kier alpha value is -1.42. The van der Waals surface area contributed by atoms with Gasteiger partial charge < -0.3 is 10.2 Å².